The van der Waals surface area contributed by atoms with Crippen molar-refractivity contribution in [3.8, 4) is 22.8 Å². The molecule has 1 aromatic heterocycles. The van der Waals surface area contributed by atoms with Crippen LogP contribution in [-0.4, -0.2) is 39.6 Å². The Balaban J connectivity index is 1.63. The van der Waals surface area contributed by atoms with E-state index in [1.807, 2.05) is 0 Å². The van der Waals surface area contributed by atoms with Gasteiger partial charge >= 0.3 is 11.9 Å². The number of hydrogen-bond donors (Lipinski definition) is 1. The van der Waals surface area contributed by atoms with Crippen molar-refractivity contribution in [1.29, 1.82) is 0 Å². The predicted octanol–water partition coefficient (Wildman–Crippen LogP) is 5.64. The highest BCUT2D eigenvalue weighted by molar-refractivity contribution is 6.33. The quantitative estimate of drug-likeness (QED) is 0.386. The molecule has 0 amide bonds. The predicted molar refractivity (Wildman–Crippen MR) is 125 cm³/mol. The summed E-state index contributed by atoms with van der Waals surface area (Å²) in [5.74, 6) is -1.15. The lowest BCUT2D eigenvalue weighted by Crippen LogP contribution is -2.51. The van der Waals surface area contributed by atoms with Crippen LogP contribution < -0.4 is 5.69 Å². The van der Waals surface area contributed by atoms with Gasteiger partial charge in [-0.1, -0.05) is 17.7 Å². The highest BCUT2D eigenvalue weighted by atomic mass is 35.5. The molecule has 190 valence electrons. The van der Waals surface area contributed by atoms with Crippen LogP contribution in [-0.2, 0) is 16.0 Å². The molecule has 0 spiro atoms. The van der Waals surface area contributed by atoms with Crippen LogP contribution in [0.2, 0.25) is 5.02 Å². The maximum atomic E-state index is 14.2. The van der Waals surface area contributed by atoms with Gasteiger partial charge in [0.1, 0.15) is 11.6 Å². The molecular weight excluding hydrogens is 502 g/mol. The van der Waals surface area contributed by atoms with Crippen molar-refractivity contribution >= 4 is 17.4 Å². The molecule has 0 bridgehead atoms. The number of H-pyrrole nitrogens is 1. The monoisotopic (exact) mass is 523 g/mol. The third kappa shape index (κ3) is 5.19. The van der Waals surface area contributed by atoms with Crippen LogP contribution in [0.1, 0.15) is 43.2 Å². The summed E-state index contributed by atoms with van der Waals surface area (Å²) in [4.78, 5) is 35.4. The summed E-state index contributed by atoms with van der Waals surface area (Å²) >= 11 is 6.33. The van der Waals surface area contributed by atoms with Gasteiger partial charge in [0.15, 0.2) is 11.6 Å². The number of benzene rings is 2. The number of rotatable bonds is 8. The maximum absolute atomic E-state index is 14.2. The van der Waals surface area contributed by atoms with Crippen molar-refractivity contribution in [2.45, 2.75) is 50.3 Å². The summed E-state index contributed by atoms with van der Waals surface area (Å²) in [6, 6.07) is 9.03. The topological polar surface area (TPSA) is 84.9 Å². The fourth-order valence-corrected chi connectivity index (χ4v) is 4.03. The fraction of sp³-hybridized carbons (Fsp3) is 0.360. The average molecular weight is 524 g/mol. The lowest BCUT2D eigenvalue weighted by Gasteiger charge is -2.29. The molecule has 2 aromatic carbocycles. The van der Waals surface area contributed by atoms with Gasteiger partial charge in [-0.25, -0.2) is 14.2 Å². The molecule has 1 aliphatic rings. The van der Waals surface area contributed by atoms with E-state index in [9.17, 15) is 27.2 Å². The van der Waals surface area contributed by atoms with Crippen LogP contribution in [0.4, 0.5) is 17.6 Å². The van der Waals surface area contributed by atoms with Crippen molar-refractivity contribution in [3.05, 3.63) is 68.8 Å². The summed E-state index contributed by atoms with van der Waals surface area (Å²) < 4.78 is 58.6. The Morgan fingerprint density at radius 2 is 1.89 bits per heavy atom. The number of aromatic amines is 1. The molecule has 1 heterocycles. The first-order valence-electron chi connectivity index (χ1n) is 11.1. The Kier molecular flexibility index (Phi) is 7.03. The summed E-state index contributed by atoms with van der Waals surface area (Å²) in [7, 11) is 0.837. The molecular formula is C25H22ClF4N3O3. The number of nitrogens with zero attached hydrogens (tertiary/aromatic N) is 2. The highest BCUT2D eigenvalue weighted by Crippen LogP contribution is 2.42. The van der Waals surface area contributed by atoms with Gasteiger partial charge in [-0.15, -0.1) is 0 Å². The van der Waals surface area contributed by atoms with E-state index in [1.54, 1.807) is 12.1 Å². The number of nitrogens with one attached hydrogen (secondary N) is 1. The first kappa shape index (κ1) is 26.0. The minimum absolute atomic E-state index is 0.0249. The molecule has 11 heteroatoms. The molecule has 0 unspecified atom stereocenters. The SMILES string of the molecule is CO[C@](C)(C(=O)CCc1ccc(Cl)c(-c2nc(-c3ccc(F)c(C4CC4)c3)nc(=O)[nH]2)c1)C(F)(F)F. The Morgan fingerprint density at radius 1 is 1.17 bits per heavy atom. The van der Waals surface area contributed by atoms with Crippen molar-refractivity contribution in [3.63, 3.8) is 0 Å². The molecule has 3 aromatic rings. The zero-order valence-corrected chi connectivity index (χ0v) is 20.1. The number of methoxy groups -OCH3 is 1. The zero-order valence-electron chi connectivity index (χ0n) is 19.4. The van der Waals surface area contributed by atoms with Crippen LogP contribution in [0.25, 0.3) is 22.8 Å². The molecule has 4 rings (SSSR count). The number of aromatic nitrogens is 3. The second kappa shape index (κ2) is 9.74. The molecule has 36 heavy (non-hydrogen) atoms. The van der Waals surface area contributed by atoms with E-state index in [0.717, 1.165) is 20.0 Å². The number of Topliss-reactive ketones (excluding diaryl/α,β-unsaturated/α-hetero) is 1. The largest absolute Gasteiger partial charge is 0.424 e. The van der Waals surface area contributed by atoms with Gasteiger partial charge in [-0.05, 0) is 73.6 Å². The van der Waals surface area contributed by atoms with Crippen molar-refractivity contribution in [1.82, 2.24) is 15.0 Å². The Labute approximate surface area is 208 Å². The van der Waals surface area contributed by atoms with Gasteiger partial charge in [0, 0.05) is 24.7 Å². The Hall–Kier alpha value is -3.11. The Morgan fingerprint density at radius 3 is 2.53 bits per heavy atom. The standard InChI is InChI=1S/C25H22ClF4N3O3/c1-24(36-2,25(28,29)30)20(34)10-4-13-3-8-18(26)17(11-13)22-31-21(32-23(35)33-22)15-7-9-19(27)16(12-15)14-5-6-14/h3,7-9,11-12,14H,4-6,10H2,1-2H3,(H,31,32,33,35)/t24-/m1/s1. The van der Waals surface area contributed by atoms with E-state index >= 15 is 0 Å². The number of ether oxygens (including phenoxy) is 1. The van der Waals surface area contributed by atoms with E-state index in [-0.39, 0.29) is 34.8 Å². The normalized spacial score (nSPS) is 15.5. The van der Waals surface area contributed by atoms with Crippen molar-refractivity contribution in [2.75, 3.05) is 7.11 Å². The minimum Gasteiger partial charge on any atom is -0.362 e. The molecule has 0 saturated heterocycles. The number of halogens is 5. The molecule has 1 fully saturated rings. The van der Waals surface area contributed by atoms with E-state index in [0.29, 0.717) is 29.2 Å². The van der Waals surface area contributed by atoms with Gasteiger partial charge in [-0.2, -0.15) is 18.2 Å². The van der Waals surface area contributed by atoms with Gasteiger partial charge in [0.2, 0.25) is 5.60 Å². The second-order valence-corrected chi connectivity index (χ2v) is 9.22. The molecule has 1 saturated carbocycles. The van der Waals surface area contributed by atoms with Crippen molar-refractivity contribution in [2.24, 2.45) is 0 Å². The zero-order chi connectivity index (χ0) is 26.3. The van der Waals surface area contributed by atoms with E-state index in [1.165, 1.54) is 24.3 Å². The maximum Gasteiger partial charge on any atom is 0.424 e. The molecule has 1 N–H and O–H groups in total. The number of carbonyl (C=O) groups is 1. The summed E-state index contributed by atoms with van der Waals surface area (Å²) in [6.45, 7) is 0.694. The first-order chi connectivity index (χ1) is 16.9. The van der Waals surface area contributed by atoms with Crippen LogP contribution >= 0.6 is 11.6 Å². The fourth-order valence-electron chi connectivity index (χ4n) is 3.82. The average Bonchev–Trinajstić information content (AvgIpc) is 3.67. The molecule has 1 aliphatic carbocycles. The molecule has 0 radical (unpaired) electrons. The third-order valence-electron chi connectivity index (χ3n) is 6.33. The van der Waals surface area contributed by atoms with Crippen LogP contribution in [0.15, 0.2) is 41.2 Å². The van der Waals surface area contributed by atoms with Crippen LogP contribution in [0, 0.1) is 5.82 Å². The van der Waals surface area contributed by atoms with Crippen LogP contribution in [0.3, 0.4) is 0 Å². The molecule has 6 nitrogen and oxygen atoms in total. The first-order valence-corrected chi connectivity index (χ1v) is 11.5. The van der Waals surface area contributed by atoms with Gasteiger partial charge in [0.05, 0.1) is 5.02 Å². The summed E-state index contributed by atoms with van der Waals surface area (Å²) in [5.41, 5.74) is -1.80. The van der Waals surface area contributed by atoms with Gasteiger partial charge < -0.3 is 4.74 Å². The number of carbonyl (C=O) groups excluding carboxylic acids is 1. The molecule has 0 aliphatic heterocycles. The van der Waals surface area contributed by atoms with E-state index in [2.05, 4.69) is 19.7 Å². The number of alkyl halides is 3. The number of ketones is 1. The number of hydrogen-bond acceptors (Lipinski definition) is 5. The summed E-state index contributed by atoms with van der Waals surface area (Å²) in [5, 5.41) is 0.222. The highest BCUT2D eigenvalue weighted by Gasteiger charge is 2.56. The van der Waals surface area contributed by atoms with E-state index < -0.39 is 29.7 Å². The van der Waals surface area contributed by atoms with Gasteiger partial charge in [-0.3, -0.25) is 9.78 Å². The van der Waals surface area contributed by atoms with Crippen molar-refractivity contribution < 1.29 is 27.1 Å². The lowest BCUT2D eigenvalue weighted by molar-refractivity contribution is -0.252. The smallest absolute Gasteiger partial charge is 0.362 e. The van der Waals surface area contributed by atoms with Gasteiger partial charge in [0.25, 0.3) is 0 Å². The van der Waals surface area contributed by atoms with E-state index in [4.69, 9.17) is 11.6 Å². The third-order valence-corrected chi connectivity index (χ3v) is 6.66. The number of aryl methyl sites for hydroxylation is 1. The van der Waals surface area contributed by atoms with Crippen LogP contribution in [0.5, 0.6) is 0 Å². The Bertz CT molecular complexity index is 1370. The molecule has 1 atom stereocenters. The second-order valence-electron chi connectivity index (χ2n) is 8.81. The summed E-state index contributed by atoms with van der Waals surface area (Å²) in [6.07, 6.45) is -3.54. The lowest BCUT2D eigenvalue weighted by atomic mass is 9.94. The minimum atomic E-state index is -4.86.